The van der Waals surface area contributed by atoms with Gasteiger partial charge in [0, 0.05) is 26.2 Å². The fourth-order valence-corrected chi connectivity index (χ4v) is 5.25. The maximum Gasteiger partial charge on any atom is 0.262 e. The lowest BCUT2D eigenvalue weighted by Crippen LogP contribution is -2.49. The molecule has 0 saturated carbocycles. The quantitative estimate of drug-likeness (QED) is 0.0884. The van der Waals surface area contributed by atoms with Crippen LogP contribution < -0.4 is 25.0 Å². The molecule has 2 amide bonds. The van der Waals surface area contributed by atoms with Gasteiger partial charge in [0.25, 0.3) is 11.8 Å². The van der Waals surface area contributed by atoms with Crippen LogP contribution in [0.5, 0.6) is 17.2 Å². The second kappa shape index (κ2) is 18.0. The highest BCUT2D eigenvalue weighted by Crippen LogP contribution is 2.35. The van der Waals surface area contributed by atoms with Crippen LogP contribution in [-0.4, -0.2) is 36.8 Å². The van der Waals surface area contributed by atoms with E-state index in [0.29, 0.717) is 57.3 Å². The predicted molar refractivity (Wildman–Crippen MR) is 186 cm³/mol. The monoisotopic (exact) mass is 707 g/mol. The van der Waals surface area contributed by atoms with Gasteiger partial charge in [-0.1, -0.05) is 72.4 Å². The summed E-state index contributed by atoms with van der Waals surface area (Å²) in [4.78, 5) is 26.1. The van der Waals surface area contributed by atoms with Gasteiger partial charge in [-0.2, -0.15) is 5.10 Å². The minimum absolute atomic E-state index is 0.104. The summed E-state index contributed by atoms with van der Waals surface area (Å²) >= 11 is 24.5. The lowest BCUT2D eigenvalue weighted by atomic mass is 10.0. The van der Waals surface area contributed by atoms with Crippen molar-refractivity contribution in [2.75, 3.05) is 6.61 Å². The van der Waals surface area contributed by atoms with E-state index in [1.807, 2.05) is 26.8 Å². The molecule has 0 bridgehead atoms. The number of nitrogens with one attached hydrogen (secondary N) is 2. The summed E-state index contributed by atoms with van der Waals surface area (Å²) in [6, 6.07) is 12.7. The fourth-order valence-electron chi connectivity index (χ4n) is 4.34. The summed E-state index contributed by atoms with van der Waals surface area (Å²) in [5.74, 6) is 0.486. The van der Waals surface area contributed by atoms with Gasteiger partial charge in [-0.3, -0.25) is 9.59 Å². The molecule has 0 spiro atoms. The van der Waals surface area contributed by atoms with Crippen LogP contribution in [0.25, 0.3) is 0 Å². The number of nitrogens with zero attached hydrogens (tertiary/aromatic N) is 1. The maximum atomic E-state index is 13.1. The molecule has 3 aromatic carbocycles. The average Bonchev–Trinajstić information content (AvgIpc) is 2.98. The molecule has 0 heterocycles. The first kappa shape index (κ1) is 37.0. The van der Waals surface area contributed by atoms with Crippen molar-refractivity contribution in [3.05, 3.63) is 98.0 Å². The second-order valence-corrected chi connectivity index (χ2v) is 12.4. The van der Waals surface area contributed by atoms with Crippen molar-refractivity contribution in [1.82, 2.24) is 10.7 Å². The predicted octanol–water partition coefficient (Wildman–Crippen LogP) is 8.45. The molecule has 0 aliphatic carbocycles. The van der Waals surface area contributed by atoms with Crippen molar-refractivity contribution in [2.45, 2.75) is 59.3 Å². The van der Waals surface area contributed by atoms with Crippen LogP contribution in [0.4, 0.5) is 0 Å². The molecule has 2 N–H and O–H groups in total. The number of rotatable bonds is 16. The Balaban J connectivity index is 1.74. The number of benzene rings is 3. The number of ether oxygens (including phenoxy) is 3. The zero-order valence-corrected chi connectivity index (χ0v) is 29.1. The van der Waals surface area contributed by atoms with Crippen LogP contribution in [0.2, 0.25) is 20.1 Å². The van der Waals surface area contributed by atoms with Crippen molar-refractivity contribution in [2.24, 2.45) is 11.0 Å². The van der Waals surface area contributed by atoms with Gasteiger partial charge in [0.15, 0.2) is 17.6 Å². The van der Waals surface area contributed by atoms with Crippen molar-refractivity contribution < 1.29 is 23.8 Å². The number of hydrazone groups is 1. The zero-order valence-electron chi connectivity index (χ0n) is 26.0. The Morgan fingerprint density at radius 3 is 2.22 bits per heavy atom. The minimum atomic E-state index is -0.929. The molecule has 0 fully saturated rings. The summed E-state index contributed by atoms with van der Waals surface area (Å²) in [6.07, 6.45) is 3.18. The normalized spacial score (nSPS) is 12.5. The van der Waals surface area contributed by atoms with Crippen LogP contribution in [0.1, 0.15) is 50.8 Å². The van der Waals surface area contributed by atoms with Gasteiger partial charge in [0.1, 0.15) is 18.4 Å². The first-order chi connectivity index (χ1) is 21.9. The largest absolute Gasteiger partial charge is 0.490 e. The molecule has 0 aliphatic rings. The number of carbonyl (C=O) groups excluding carboxylic acids is 2. The van der Waals surface area contributed by atoms with Gasteiger partial charge in [0.05, 0.1) is 17.8 Å². The highest BCUT2D eigenvalue weighted by molar-refractivity contribution is 6.35. The molecular weight excluding hydrogens is 672 g/mol. The Bertz CT molecular complexity index is 1560. The zero-order chi connectivity index (χ0) is 33.8. The number of hydrogen-bond donors (Lipinski definition) is 2. The molecule has 2 atom stereocenters. The van der Waals surface area contributed by atoms with Crippen molar-refractivity contribution in [3.63, 3.8) is 0 Å². The van der Waals surface area contributed by atoms with Gasteiger partial charge >= 0.3 is 0 Å². The highest BCUT2D eigenvalue weighted by atomic mass is 35.5. The van der Waals surface area contributed by atoms with Crippen LogP contribution in [0.15, 0.2) is 66.3 Å². The molecule has 0 unspecified atom stereocenters. The highest BCUT2D eigenvalue weighted by Gasteiger charge is 2.25. The number of carbonyl (C=O) groups is 2. The fraction of sp³-hybridized carbons (Fsp3) is 0.324. The van der Waals surface area contributed by atoms with E-state index in [9.17, 15) is 9.59 Å². The van der Waals surface area contributed by atoms with E-state index in [4.69, 9.17) is 60.6 Å². The van der Waals surface area contributed by atoms with E-state index in [1.54, 1.807) is 49.4 Å². The van der Waals surface area contributed by atoms with E-state index < -0.39 is 24.0 Å². The third-order valence-electron chi connectivity index (χ3n) is 6.50. The Morgan fingerprint density at radius 1 is 0.891 bits per heavy atom. The molecule has 3 rings (SSSR count). The van der Waals surface area contributed by atoms with Crippen LogP contribution in [0, 0.1) is 5.92 Å². The summed E-state index contributed by atoms with van der Waals surface area (Å²) in [5.41, 5.74) is 4.77. The molecule has 246 valence electrons. The Kier molecular flexibility index (Phi) is 14.5. The summed E-state index contributed by atoms with van der Waals surface area (Å²) in [6.45, 7) is 11.8. The average molecular weight is 709 g/mol. The van der Waals surface area contributed by atoms with Crippen LogP contribution in [0.3, 0.4) is 0 Å². The van der Waals surface area contributed by atoms with Crippen molar-refractivity contribution in [3.8, 4) is 17.2 Å². The van der Waals surface area contributed by atoms with Crippen molar-refractivity contribution in [1.29, 1.82) is 0 Å². The maximum absolute atomic E-state index is 13.1. The van der Waals surface area contributed by atoms with Gasteiger partial charge < -0.3 is 19.5 Å². The summed E-state index contributed by atoms with van der Waals surface area (Å²) < 4.78 is 17.8. The van der Waals surface area contributed by atoms with Gasteiger partial charge in [-0.15, -0.1) is 6.58 Å². The first-order valence-electron chi connectivity index (χ1n) is 14.6. The van der Waals surface area contributed by atoms with Gasteiger partial charge in [0.2, 0.25) is 0 Å². The first-order valence-corrected chi connectivity index (χ1v) is 16.1. The number of hydrogen-bond acceptors (Lipinski definition) is 6. The van der Waals surface area contributed by atoms with E-state index in [-0.39, 0.29) is 17.5 Å². The Labute approximate surface area is 290 Å². The molecular formula is C34H37Cl4N3O5. The third kappa shape index (κ3) is 11.1. The Hall–Kier alpha value is -3.43. The summed E-state index contributed by atoms with van der Waals surface area (Å²) in [7, 11) is 0. The standard InChI is InChI=1S/C34H37Cl4N3O5/c1-6-8-23-14-22(15-31(44-7-2)32(23)45-19-24-9-10-25(35)16-27(24)37)18-39-41-34(43)29(13-20(3)4)40-33(42)21(5)46-30-12-11-26(36)17-28(30)38/h6,9-12,14-18,20-21,29H,1,7-8,13,19H2,2-5H3,(H,40,42)(H,41,43)/b39-18-/t21-,29-/m0/s1. The number of halogens is 4. The van der Waals surface area contributed by atoms with E-state index in [1.165, 1.54) is 12.3 Å². The smallest absolute Gasteiger partial charge is 0.262 e. The van der Waals surface area contributed by atoms with Crippen molar-refractivity contribution >= 4 is 64.4 Å². The molecule has 0 saturated heterocycles. The van der Waals surface area contributed by atoms with E-state index in [0.717, 1.165) is 11.1 Å². The van der Waals surface area contributed by atoms with Gasteiger partial charge in [-0.05, 0) is 80.6 Å². The summed E-state index contributed by atoms with van der Waals surface area (Å²) in [5, 5.41) is 8.67. The molecule has 0 aliphatic heterocycles. The van der Waals surface area contributed by atoms with Crippen LogP contribution >= 0.6 is 46.4 Å². The lowest BCUT2D eigenvalue weighted by molar-refractivity contribution is -0.132. The Morgan fingerprint density at radius 2 is 1.59 bits per heavy atom. The number of amides is 2. The molecule has 8 nitrogen and oxygen atoms in total. The molecule has 0 aromatic heterocycles. The molecule has 12 heteroatoms. The SMILES string of the molecule is C=CCc1cc(/C=N\NC(=O)[C@H](CC(C)C)NC(=O)[C@H](C)Oc2ccc(Cl)cc2Cl)cc(OCC)c1OCc1ccc(Cl)cc1Cl. The molecule has 46 heavy (non-hydrogen) atoms. The van der Waals surface area contributed by atoms with Crippen LogP contribution in [-0.2, 0) is 22.6 Å². The topological polar surface area (TPSA) is 98.3 Å². The molecule has 0 radical (unpaired) electrons. The minimum Gasteiger partial charge on any atom is -0.490 e. The van der Waals surface area contributed by atoms with E-state index in [2.05, 4.69) is 22.4 Å². The second-order valence-electron chi connectivity index (χ2n) is 10.7. The lowest BCUT2D eigenvalue weighted by Gasteiger charge is -2.22. The number of allylic oxidation sites excluding steroid dienone is 1. The molecule has 3 aromatic rings. The van der Waals surface area contributed by atoms with E-state index >= 15 is 0 Å². The van der Waals surface area contributed by atoms with Gasteiger partial charge in [-0.25, -0.2) is 5.43 Å². The third-order valence-corrected chi connectivity index (χ3v) is 7.62.